The van der Waals surface area contributed by atoms with Crippen LogP contribution in [0.4, 0.5) is 11.4 Å². The summed E-state index contributed by atoms with van der Waals surface area (Å²) in [4.78, 5) is 14.2. The number of nitro benzene ring substituents is 1. The molecule has 0 amide bonds. The predicted octanol–water partition coefficient (Wildman–Crippen LogP) is 4.36. The van der Waals surface area contributed by atoms with E-state index < -0.39 is 4.92 Å². The minimum Gasteiger partial charge on any atom is -0.507 e. The Morgan fingerprint density at radius 3 is 2.70 bits per heavy atom. The van der Waals surface area contributed by atoms with Gasteiger partial charge >= 0.3 is 0 Å². The molecule has 1 N–H and O–H groups in total. The SMILES string of the molecule is O=[N+]([O-])c1cccc(N=Cc2cc(Cl)ccc2O)c1Cl. The van der Waals surface area contributed by atoms with Gasteiger partial charge in [-0.25, -0.2) is 0 Å². The van der Waals surface area contributed by atoms with Crippen LogP contribution in [0, 0.1) is 10.1 Å². The molecule has 2 rings (SSSR count). The monoisotopic (exact) mass is 310 g/mol. The summed E-state index contributed by atoms with van der Waals surface area (Å²) < 4.78 is 0. The van der Waals surface area contributed by atoms with Gasteiger partial charge in [-0.2, -0.15) is 0 Å². The summed E-state index contributed by atoms with van der Waals surface area (Å²) in [5.74, 6) is -0.000275. The average molecular weight is 311 g/mol. The molecular formula is C13H8Cl2N2O3. The minimum absolute atomic E-state index is 0.000275. The zero-order chi connectivity index (χ0) is 14.7. The van der Waals surface area contributed by atoms with Crippen LogP contribution in [0.15, 0.2) is 41.4 Å². The number of phenolic OH excluding ortho intramolecular Hbond substituents is 1. The van der Waals surface area contributed by atoms with Gasteiger partial charge in [0.2, 0.25) is 0 Å². The summed E-state index contributed by atoms with van der Waals surface area (Å²) in [6, 6.07) is 8.79. The van der Waals surface area contributed by atoms with Crippen molar-refractivity contribution >= 4 is 40.8 Å². The predicted molar refractivity (Wildman–Crippen MR) is 78.5 cm³/mol. The molecule has 0 aliphatic rings. The van der Waals surface area contributed by atoms with Gasteiger partial charge in [0.1, 0.15) is 10.8 Å². The third kappa shape index (κ3) is 3.07. The second kappa shape index (κ2) is 5.90. The molecule has 0 aromatic heterocycles. The van der Waals surface area contributed by atoms with E-state index in [1.807, 2.05) is 0 Å². The molecule has 0 aliphatic heterocycles. The number of benzene rings is 2. The number of nitro groups is 1. The van der Waals surface area contributed by atoms with Crippen LogP contribution in [0.1, 0.15) is 5.56 Å². The summed E-state index contributed by atoms with van der Waals surface area (Å²) in [7, 11) is 0. The van der Waals surface area contributed by atoms with E-state index in [1.54, 1.807) is 0 Å². The molecule has 2 aromatic carbocycles. The molecule has 0 fully saturated rings. The van der Waals surface area contributed by atoms with Gasteiger partial charge in [0.05, 0.1) is 10.6 Å². The fourth-order valence-electron chi connectivity index (χ4n) is 1.52. The third-order valence-corrected chi connectivity index (χ3v) is 3.11. The second-order valence-corrected chi connectivity index (χ2v) is 4.64. The summed E-state index contributed by atoms with van der Waals surface area (Å²) in [6.07, 6.45) is 1.34. The fourth-order valence-corrected chi connectivity index (χ4v) is 1.94. The van der Waals surface area contributed by atoms with E-state index in [0.29, 0.717) is 10.6 Å². The topological polar surface area (TPSA) is 75.7 Å². The molecule has 0 atom stereocenters. The molecule has 0 unspecified atom stereocenters. The highest BCUT2D eigenvalue weighted by Crippen LogP contribution is 2.33. The van der Waals surface area contributed by atoms with Gasteiger partial charge in [0.15, 0.2) is 0 Å². The van der Waals surface area contributed by atoms with Gasteiger partial charge in [0.25, 0.3) is 5.69 Å². The highest BCUT2D eigenvalue weighted by Gasteiger charge is 2.14. The number of aliphatic imine (C=N–C) groups is 1. The molecule has 0 radical (unpaired) electrons. The molecule has 0 bridgehead atoms. The summed E-state index contributed by atoms with van der Waals surface area (Å²) in [5, 5.41) is 20.8. The maximum absolute atomic E-state index is 10.8. The molecular weight excluding hydrogens is 303 g/mol. The molecule has 0 saturated heterocycles. The molecule has 0 aliphatic carbocycles. The number of phenols is 1. The summed E-state index contributed by atoms with van der Waals surface area (Å²) in [5.41, 5.74) is 0.400. The Labute approximate surface area is 124 Å². The van der Waals surface area contributed by atoms with E-state index in [2.05, 4.69) is 4.99 Å². The lowest BCUT2D eigenvalue weighted by molar-refractivity contribution is -0.384. The van der Waals surface area contributed by atoms with Crippen LogP contribution in [0.5, 0.6) is 5.75 Å². The lowest BCUT2D eigenvalue weighted by Crippen LogP contribution is -1.89. The van der Waals surface area contributed by atoms with Crippen molar-refractivity contribution in [3.63, 3.8) is 0 Å². The molecule has 7 heteroatoms. The third-order valence-electron chi connectivity index (χ3n) is 2.49. The largest absolute Gasteiger partial charge is 0.507 e. The van der Waals surface area contributed by atoms with Gasteiger partial charge in [-0.1, -0.05) is 29.3 Å². The fraction of sp³-hybridized carbons (Fsp3) is 0. The maximum atomic E-state index is 10.8. The highest BCUT2D eigenvalue weighted by molar-refractivity contribution is 6.35. The zero-order valence-electron chi connectivity index (χ0n) is 9.96. The van der Waals surface area contributed by atoms with E-state index in [1.165, 1.54) is 42.6 Å². The second-order valence-electron chi connectivity index (χ2n) is 3.83. The Morgan fingerprint density at radius 1 is 1.25 bits per heavy atom. The molecule has 102 valence electrons. The first-order valence-electron chi connectivity index (χ1n) is 5.44. The van der Waals surface area contributed by atoms with Crippen molar-refractivity contribution in [3.8, 4) is 5.75 Å². The molecule has 2 aromatic rings. The maximum Gasteiger partial charge on any atom is 0.290 e. The standard InChI is InChI=1S/C13H8Cl2N2O3/c14-9-4-5-12(18)8(6-9)7-16-10-2-1-3-11(13(10)15)17(19)20/h1-7,18H. The van der Waals surface area contributed by atoms with Gasteiger partial charge in [-0.05, 0) is 24.3 Å². The number of halogens is 2. The number of aromatic hydroxyl groups is 1. The Balaban J connectivity index is 2.39. The van der Waals surface area contributed by atoms with Crippen molar-refractivity contribution in [1.82, 2.24) is 0 Å². The first-order chi connectivity index (χ1) is 9.49. The smallest absolute Gasteiger partial charge is 0.290 e. The number of nitrogens with zero attached hydrogens (tertiary/aromatic N) is 2. The first kappa shape index (κ1) is 14.3. The van der Waals surface area contributed by atoms with E-state index in [4.69, 9.17) is 23.2 Å². The van der Waals surface area contributed by atoms with Crippen LogP contribution in [0.2, 0.25) is 10.0 Å². The molecule has 5 nitrogen and oxygen atoms in total. The number of hydrogen-bond acceptors (Lipinski definition) is 4. The van der Waals surface area contributed by atoms with E-state index in [9.17, 15) is 15.2 Å². The van der Waals surface area contributed by atoms with Gasteiger partial charge in [-0.3, -0.25) is 15.1 Å². The van der Waals surface area contributed by atoms with Crippen LogP contribution in [0.3, 0.4) is 0 Å². The zero-order valence-corrected chi connectivity index (χ0v) is 11.5. The van der Waals surface area contributed by atoms with Crippen molar-refractivity contribution in [1.29, 1.82) is 0 Å². The summed E-state index contributed by atoms with van der Waals surface area (Å²) >= 11 is 11.7. The van der Waals surface area contributed by atoms with E-state index in [-0.39, 0.29) is 22.1 Å². The quantitative estimate of drug-likeness (QED) is 0.520. The van der Waals surface area contributed by atoms with E-state index in [0.717, 1.165) is 0 Å². The Hall–Kier alpha value is -2.11. The molecule has 20 heavy (non-hydrogen) atoms. The van der Waals surface area contributed by atoms with Crippen molar-refractivity contribution in [2.24, 2.45) is 4.99 Å². The van der Waals surface area contributed by atoms with Crippen molar-refractivity contribution < 1.29 is 10.0 Å². The van der Waals surface area contributed by atoms with Crippen molar-refractivity contribution in [3.05, 3.63) is 62.1 Å². The molecule has 0 saturated carbocycles. The molecule has 0 spiro atoms. The van der Waals surface area contributed by atoms with Crippen molar-refractivity contribution in [2.75, 3.05) is 0 Å². The molecule has 0 heterocycles. The Kier molecular flexibility index (Phi) is 4.22. The lowest BCUT2D eigenvalue weighted by atomic mass is 10.2. The number of hydrogen-bond donors (Lipinski definition) is 1. The normalized spacial score (nSPS) is 10.9. The minimum atomic E-state index is -0.585. The van der Waals surface area contributed by atoms with Crippen LogP contribution in [-0.2, 0) is 0 Å². The number of rotatable bonds is 3. The van der Waals surface area contributed by atoms with Crippen LogP contribution in [-0.4, -0.2) is 16.2 Å². The van der Waals surface area contributed by atoms with Gasteiger partial charge in [0, 0.05) is 22.9 Å². The van der Waals surface area contributed by atoms with Gasteiger partial charge < -0.3 is 5.11 Å². The average Bonchev–Trinajstić information content (AvgIpc) is 2.41. The Morgan fingerprint density at radius 2 is 2.00 bits per heavy atom. The van der Waals surface area contributed by atoms with Gasteiger partial charge in [-0.15, -0.1) is 0 Å². The lowest BCUT2D eigenvalue weighted by Gasteiger charge is -2.01. The summed E-state index contributed by atoms with van der Waals surface area (Å²) in [6.45, 7) is 0. The highest BCUT2D eigenvalue weighted by atomic mass is 35.5. The Bertz CT molecular complexity index is 702. The van der Waals surface area contributed by atoms with Crippen LogP contribution >= 0.6 is 23.2 Å². The van der Waals surface area contributed by atoms with E-state index >= 15 is 0 Å². The van der Waals surface area contributed by atoms with Crippen LogP contribution < -0.4 is 0 Å². The van der Waals surface area contributed by atoms with Crippen LogP contribution in [0.25, 0.3) is 0 Å². The van der Waals surface area contributed by atoms with Crippen molar-refractivity contribution in [2.45, 2.75) is 0 Å². The first-order valence-corrected chi connectivity index (χ1v) is 6.20.